The Kier molecular flexibility index (Phi) is 7.25. The molecule has 2 N–H and O–H groups in total. The molecule has 0 fully saturated rings. The molecule has 0 aliphatic rings. The summed E-state index contributed by atoms with van der Waals surface area (Å²) < 4.78 is 44.0. The summed E-state index contributed by atoms with van der Waals surface area (Å²) in [6.07, 6.45) is 1.28. The molecule has 0 bridgehead atoms. The van der Waals surface area contributed by atoms with E-state index in [1.165, 1.54) is 30.5 Å². The van der Waals surface area contributed by atoms with Crippen molar-refractivity contribution >= 4 is 56.1 Å². The smallest absolute Gasteiger partial charge is 0.297 e. The number of ketones is 1. The average molecular weight is 551 g/mol. The van der Waals surface area contributed by atoms with Crippen LogP contribution in [0, 0.1) is 12.9 Å². The second-order valence-electron chi connectivity index (χ2n) is 7.49. The number of anilines is 1. The summed E-state index contributed by atoms with van der Waals surface area (Å²) in [4.78, 5) is 17.2. The summed E-state index contributed by atoms with van der Waals surface area (Å²) in [5.41, 5.74) is 8.56. The van der Waals surface area contributed by atoms with E-state index < -0.39 is 28.5 Å². The minimum atomic E-state index is -4.18. The van der Waals surface area contributed by atoms with Crippen molar-refractivity contribution in [1.82, 2.24) is 4.98 Å². The lowest BCUT2D eigenvalue weighted by molar-refractivity contribution is 0.0929. The third-order valence-electron chi connectivity index (χ3n) is 5.04. The number of hydrogen-bond acceptors (Lipinski definition) is 7. The number of pyridine rings is 1. The van der Waals surface area contributed by atoms with Crippen molar-refractivity contribution in [2.45, 2.75) is 11.8 Å². The summed E-state index contributed by atoms with van der Waals surface area (Å²) >= 11 is 13.4. The van der Waals surface area contributed by atoms with Crippen LogP contribution in [0.15, 0.2) is 65.7 Å². The van der Waals surface area contributed by atoms with E-state index >= 15 is 0 Å². The fourth-order valence-electron chi connectivity index (χ4n) is 3.33. The number of rotatable bonds is 7. The van der Waals surface area contributed by atoms with E-state index in [1.807, 2.05) is 6.92 Å². The van der Waals surface area contributed by atoms with Gasteiger partial charge in [-0.1, -0.05) is 47.0 Å². The van der Waals surface area contributed by atoms with Crippen LogP contribution >= 0.6 is 34.5 Å². The Balaban J connectivity index is 1.76. The van der Waals surface area contributed by atoms with Crippen LogP contribution in [-0.2, 0) is 14.3 Å². The standard InChI is InChI=1S/C24H17Cl2FN2O4S2/c1-13-2-5-16(6-3-13)35(31,32)33-12-19(30)24-21(17-7-4-15(25)11-18(17)26)22(28)23(34-24)14-8-9-29-20(27)10-14/h2-11H,12,28H2,1H3. The number of carbonyl (C=O) groups is 1. The molecule has 0 unspecified atom stereocenters. The van der Waals surface area contributed by atoms with E-state index in [9.17, 15) is 17.6 Å². The van der Waals surface area contributed by atoms with E-state index in [1.54, 1.807) is 30.3 Å². The third-order valence-corrected chi connectivity index (χ3v) is 8.16. The van der Waals surface area contributed by atoms with Crippen molar-refractivity contribution in [1.29, 1.82) is 0 Å². The average Bonchev–Trinajstić information content (AvgIpc) is 3.15. The largest absolute Gasteiger partial charge is 0.397 e. The summed E-state index contributed by atoms with van der Waals surface area (Å²) in [7, 11) is -4.18. The second-order valence-corrected chi connectivity index (χ2v) is 11.0. The molecule has 11 heteroatoms. The molecule has 35 heavy (non-hydrogen) atoms. The number of hydrogen-bond donors (Lipinski definition) is 1. The van der Waals surface area contributed by atoms with Gasteiger partial charge in [-0.15, -0.1) is 11.3 Å². The number of carbonyl (C=O) groups excluding carboxylic acids is 1. The molecule has 0 saturated carbocycles. The van der Waals surface area contributed by atoms with Crippen LogP contribution in [0.5, 0.6) is 0 Å². The van der Waals surface area contributed by atoms with Gasteiger partial charge in [-0.05, 0) is 42.8 Å². The molecule has 0 aliphatic carbocycles. The molecule has 6 nitrogen and oxygen atoms in total. The zero-order chi connectivity index (χ0) is 25.3. The van der Waals surface area contributed by atoms with Crippen LogP contribution < -0.4 is 5.73 Å². The maximum Gasteiger partial charge on any atom is 0.297 e. The summed E-state index contributed by atoms with van der Waals surface area (Å²) in [5, 5.41) is 0.612. The highest BCUT2D eigenvalue weighted by atomic mass is 35.5. The predicted octanol–water partition coefficient (Wildman–Crippen LogP) is 6.40. The van der Waals surface area contributed by atoms with Gasteiger partial charge in [-0.3, -0.25) is 8.98 Å². The van der Waals surface area contributed by atoms with Gasteiger partial charge in [0.1, 0.15) is 6.61 Å². The van der Waals surface area contributed by atoms with Crippen molar-refractivity contribution in [3.8, 4) is 21.6 Å². The first-order valence-electron chi connectivity index (χ1n) is 10.1. The zero-order valence-electron chi connectivity index (χ0n) is 18.1. The van der Waals surface area contributed by atoms with Crippen LogP contribution in [-0.4, -0.2) is 25.8 Å². The molecular formula is C24H17Cl2FN2O4S2. The lowest BCUT2D eigenvalue weighted by Gasteiger charge is -2.09. The van der Waals surface area contributed by atoms with Crippen molar-refractivity contribution < 1.29 is 21.8 Å². The predicted molar refractivity (Wildman–Crippen MR) is 136 cm³/mol. The molecule has 0 atom stereocenters. The molecule has 2 heterocycles. The van der Waals surface area contributed by atoms with Gasteiger partial charge in [0.25, 0.3) is 10.1 Å². The van der Waals surface area contributed by atoms with Crippen LogP contribution in [0.3, 0.4) is 0 Å². The van der Waals surface area contributed by atoms with Crippen LogP contribution in [0.25, 0.3) is 21.6 Å². The monoisotopic (exact) mass is 550 g/mol. The topological polar surface area (TPSA) is 99.4 Å². The SMILES string of the molecule is Cc1ccc(S(=O)(=O)OCC(=O)c2sc(-c3ccnc(F)c3)c(N)c2-c2ccc(Cl)cc2Cl)cc1. The number of halogens is 3. The van der Waals surface area contributed by atoms with E-state index in [4.69, 9.17) is 33.1 Å². The van der Waals surface area contributed by atoms with Gasteiger partial charge < -0.3 is 5.73 Å². The van der Waals surface area contributed by atoms with Gasteiger partial charge in [0.05, 0.1) is 25.4 Å². The highest BCUT2D eigenvalue weighted by Gasteiger charge is 2.27. The van der Waals surface area contributed by atoms with Gasteiger partial charge in [0.2, 0.25) is 11.7 Å². The van der Waals surface area contributed by atoms with Gasteiger partial charge in [-0.2, -0.15) is 12.8 Å². The normalized spacial score (nSPS) is 11.5. The minimum Gasteiger partial charge on any atom is -0.397 e. The molecule has 0 amide bonds. The van der Waals surface area contributed by atoms with Crippen molar-refractivity contribution in [2.75, 3.05) is 12.3 Å². The highest BCUT2D eigenvalue weighted by molar-refractivity contribution is 7.86. The Labute approximate surface area is 215 Å². The van der Waals surface area contributed by atoms with Crippen LogP contribution in [0.2, 0.25) is 10.0 Å². The number of benzene rings is 2. The van der Waals surface area contributed by atoms with Crippen LogP contribution in [0.4, 0.5) is 10.1 Å². The van der Waals surface area contributed by atoms with Gasteiger partial charge >= 0.3 is 0 Å². The molecular weight excluding hydrogens is 534 g/mol. The number of thiophene rings is 1. The number of aryl methyl sites for hydroxylation is 1. The van der Waals surface area contributed by atoms with E-state index in [-0.39, 0.29) is 26.0 Å². The number of nitrogens with two attached hydrogens (primary N) is 1. The Morgan fingerprint density at radius 3 is 2.49 bits per heavy atom. The number of nitrogens with zero attached hydrogens (tertiary/aromatic N) is 1. The minimum absolute atomic E-state index is 0.0736. The molecule has 2 aromatic carbocycles. The maximum absolute atomic E-state index is 13.8. The zero-order valence-corrected chi connectivity index (χ0v) is 21.2. The number of aromatic nitrogens is 1. The van der Waals surface area contributed by atoms with Crippen molar-refractivity contribution in [3.05, 3.63) is 87.2 Å². The molecule has 0 radical (unpaired) electrons. The maximum atomic E-state index is 13.8. The number of Topliss-reactive ketones (excluding diaryl/α,β-unsaturated/α-hetero) is 1. The molecule has 4 aromatic rings. The van der Waals surface area contributed by atoms with E-state index in [0.29, 0.717) is 21.0 Å². The quantitative estimate of drug-likeness (QED) is 0.162. The molecule has 4 rings (SSSR count). The summed E-state index contributed by atoms with van der Waals surface area (Å²) in [6.45, 7) is 1.05. The molecule has 0 saturated heterocycles. The Hall–Kier alpha value is -2.82. The molecule has 180 valence electrons. The fraction of sp³-hybridized carbons (Fsp3) is 0.0833. The lowest BCUT2D eigenvalue weighted by atomic mass is 10.0. The Morgan fingerprint density at radius 1 is 1.11 bits per heavy atom. The van der Waals surface area contributed by atoms with Crippen molar-refractivity contribution in [3.63, 3.8) is 0 Å². The number of nitrogen functional groups attached to an aromatic ring is 1. The van der Waals surface area contributed by atoms with E-state index in [0.717, 1.165) is 16.9 Å². The first kappa shape index (κ1) is 25.3. The fourth-order valence-corrected chi connectivity index (χ4v) is 5.85. The molecule has 0 aliphatic heterocycles. The van der Waals surface area contributed by atoms with Gasteiger partial charge in [-0.25, -0.2) is 4.98 Å². The third kappa shape index (κ3) is 5.39. The van der Waals surface area contributed by atoms with Gasteiger partial charge in [0.15, 0.2) is 0 Å². The molecule has 0 spiro atoms. The first-order chi connectivity index (χ1) is 16.6. The summed E-state index contributed by atoms with van der Waals surface area (Å²) in [6, 6.07) is 13.4. The Bertz CT molecular complexity index is 1540. The highest BCUT2D eigenvalue weighted by Crippen LogP contribution is 2.47. The molecule has 2 aromatic heterocycles. The second kappa shape index (κ2) is 10.0. The first-order valence-corrected chi connectivity index (χ1v) is 13.0. The lowest BCUT2D eigenvalue weighted by Crippen LogP contribution is -2.14. The van der Waals surface area contributed by atoms with Crippen molar-refractivity contribution in [2.24, 2.45) is 0 Å². The summed E-state index contributed by atoms with van der Waals surface area (Å²) in [5.74, 6) is -1.36. The Morgan fingerprint density at radius 2 is 1.83 bits per heavy atom. The van der Waals surface area contributed by atoms with Crippen LogP contribution in [0.1, 0.15) is 15.2 Å². The van der Waals surface area contributed by atoms with E-state index in [2.05, 4.69) is 4.98 Å². The van der Waals surface area contributed by atoms with Gasteiger partial charge in [0, 0.05) is 28.4 Å².